The van der Waals surface area contributed by atoms with Crippen molar-refractivity contribution in [3.63, 3.8) is 0 Å². The van der Waals surface area contributed by atoms with Gasteiger partial charge in [-0.1, -0.05) is 0 Å². The lowest BCUT2D eigenvalue weighted by molar-refractivity contribution is -0.119. The molecule has 132 valence electrons. The second-order valence-electron chi connectivity index (χ2n) is 6.20. The normalized spacial score (nSPS) is 18.2. The summed E-state index contributed by atoms with van der Waals surface area (Å²) in [5.74, 6) is -0.0893. The quantitative estimate of drug-likeness (QED) is 0.747. The molecule has 0 unspecified atom stereocenters. The van der Waals surface area contributed by atoms with Crippen molar-refractivity contribution in [3.8, 4) is 0 Å². The minimum Gasteiger partial charge on any atom is -0.273 e. The number of sulfone groups is 1. The fourth-order valence-electron chi connectivity index (χ4n) is 3.03. The minimum atomic E-state index is -3.66. The summed E-state index contributed by atoms with van der Waals surface area (Å²) in [5.41, 5.74) is 0.0937. The molecule has 1 aliphatic carbocycles. The summed E-state index contributed by atoms with van der Waals surface area (Å²) in [5, 5.41) is 3.44. The fraction of sp³-hybridized carbons (Fsp3) is 0.429. The molecule has 1 aliphatic heterocycles. The Hall–Kier alpha value is -2.43. The van der Waals surface area contributed by atoms with Crippen molar-refractivity contribution < 1.29 is 22.0 Å². The molecule has 0 N–H and O–H groups in total. The van der Waals surface area contributed by atoms with Gasteiger partial charge in [-0.3, -0.25) is 14.4 Å². The highest BCUT2D eigenvalue weighted by Gasteiger charge is 2.61. The number of alkyl halides is 2. The molecule has 2 aromatic heterocycles. The van der Waals surface area contributed by atoms with E-state index in [0.29, 0.717) is 18.4 Å². The van der Waals surface area contributed by atoms with Gasteiger partial charge in [-0.25, -0.2) is 22.2 Å². The van der Waals surface area contributed by atoms with Gasteiger partial charge in [0.25, 0.3) is 6.43 Å². The first-order valence-electron chi connectivity index (χ1n) is 7.45. The largest absolute Gasteiger partial charge is 0.273 e. The number of rotatable bonds is 4. The van der Waals surface area contributed by atoms with Crippen molar-refractivity contribution in [2.75, 3.05) is 11.2 Å². The first kappa shape index (κ1) is 16.1. The minimum absolute atomic E-state index is 0.175. The highest BCUT2D eigenvalue weighted by atomic mass is 32.2. The van der Waals surface area contributed by atoms with Crippen LogP contribution in [-0.4, -0.2) is 46.8 Å². The molecule has 0 atom stereocenters. The molecule has 2 aliphatic rings. The number of amides is 1. The molecule has 0 bridgehead atoms. The Kier molecular flexibility index (Phi) is 3.24. The molecule has 0 saturated heterocycles. The van der Waals surface area contributed by atoms with Gasteiger partial charge >= 0.3 is 0 Å². The second-order valence-corrected chi connectivity index (χ2v) is 8.11. The lowest BCUT2D eigenvalue weighted by atomic mass is 10.0. The number of nitrogens with zero attached hydrogens (tertiary/aromatic N) is 5. The maximum atomic E-state index is 12.9. The van der Waals surface area contributed by atoms with E-state index in [2.05, 4.69) is 15.1 Å². The molecule has 0 aromatic carbocycles. The fourth-order valence-corrected chi connectivity index (χ4v) is 3.52. The Morgan fingerprint density at radius 3 is 2.64 bits per heavy atom. The zero-order chi connectivity index (χ0) is 18.0. The van der Waals surface area contributed by atoms with E-state index in [1.54, 1.807) is 0 Å². The molecule has 4 rings (SSSR count). The van der Waals surface area contributed by atoms with Crippen LogP contribution in [0.4, 0.5) is 20.3 Å². The number of fused-ring (bicyclic) bond motifs is 2. The van der Waals surface area contributed by atoms with Crippen molar-refractivity contribution >= 4 is 27.2 Å². The average molecular weight is 369 g/mol. The Morgan fingerprint density at radius 1 is 1.32 bits per heavy atom. The molecule has 1 saturated carbocycles. The van der Waals surface area contributed by atoms with Gasteiger partial charge in [-0.15, -0.1) is 0 Å². The molecule has 1 fully saturated rings. The zero-order valence-electron chi connectivity index (χ0n) is 13.1. The molecule has 8 nitrogen and oxygen atoms in total. The summed E-state index contributed by atoms with van der Waals surface area (Å²) in [6.07, 6.45) is 3.59. The molecule has 11 heteroatoms. The van der Waals surface area contributed by atoms with Gasteiger partial charge in [0.05, 0.1) is 17.3 Å². The number of halogens is 2. The van der Waals surface area contributed by atoms with Crippen LogP contribution in [0.2, 0.25) is 0 Å². The van der Waals surface area contributed by atoms with E-state index in [1.165, 1.54) is 23.5 Å². The molecule has 2 aromatic rings. The third-order valence-electron chi connectivity index (χ3n) is 4.37. The zero-order valence-corrected chi connectivity index (χ0v) is 13.9. The molecule has 1 amide bonds. The van der Waals surface area contributed by atoms with Gasteiger partial charge in [0.1, 0.15) is 12.4 Å². The second kappa shape index (κ2) is 5.04. The number of carbonyl (C=O) groups is 1. The number of carbonyl (C=O) groups excluding carboxylic acids is 1. The predicted molar refractivity (Wildman–Crippen MR) is 81.4 cm³/mol. The molecule has 0 radical (unpaired) electrons. The van der Waals surface area contributed by atoms with Crippen molar-refractivity contribution in [3.05, 3.63) is 24.2 Å². The average Bonchev–Trinajstić information content (AvgIpc) is 3.15. The summed E-state index contributed by atoms with van der Waals surface area (Å²) >= 11 is 0. The summed E-state index contributed by atoms with van der Waals surface area (Å²) in [4.78, 5) is 22.0. The predicted octanol–water partition coefficient (Wildman–Crippen LogP) is 1.05. The molecule has 25 heavy (non-hydrogen) atoms. The van der Waals surface area contributed by atoms with Crippen molar-refractivity contribution in [2.24, 2.45) is 0 Å². The van der Waals surface area contributed by atoms with Crippen LogP contribution >= 0.6 is 0 Å². The van der Waals surface area contributed by atoms with E-state index in [9.17, 15) is 22.0 Å². The van der Waals surface area contributed by atoms with E-state index in [0.717, 1.165) is 10.9 Å². The highest BCUT2D eigenvalue weighted by molar-refractivity contribution is 7.90. The lowest BCUT2D eigenvalue weighted by Gasteiger charge is -2.14. The highest BCUT2D eigenvalue weighted by Crippen LogP contribution is 2.58. The van der Waals surface area contributed by atoms with Crippen LogP contribution in [0.1, 0.15) is 18.4 Å². The smallest absolute Gasteiger partial charge is 0.257 e. The van der Waals surface area contributed by atoms with Gasteiger partial charge < -0.3 is 0 Å². The Bertz CT molecular complexity index is 984. The van der Waals surface area contributed by atoms with E-state index in [1.807, 2.05) is 0 Å². The third-order valence-corrected chi connectivity index (χ3v) is 5.23. The summed E-state index contributed by atoms with van der Waals surface area (Å²) < 4.78 is 49.5. The Morgan fingerprint density at radius 2 is 2.04 bits per heavy atom. The summed E-state index contributed by atoms with van der Waals surface area (Å²) in [6, 6.07) is 0. The molecular formula is C14H13F2N5O3S. The van der Waals surface area contributed by atoms with Gasteiger partial charge in [-0.05, 0) is 12.8 Å². The maximum absolute atomic E-state index is 12.9. The van der Waals surface area contributed by atoms with E-state index in [-0.39, 0.29) is 22.6 Å². The number of hydrogen-bond donors (Lipinski definition) is 0. The number of aromatic nitrogens is 4. The van der Waals surface area contributed by atoms with E-state index < -0.39 is 28.2 Å². The van der Waals surface area contributed by atoms with E-state index >= 15 is 0 Å². The first-order chi connectivity index (χ1) is 11.7. The van der Waals surface area contributed by atoms with Gasteiger partial charge in [0, 0.05) is 24.2 Å². The standard InChI is InChI=1S/C14H13F2N5O3S/c1-25(23,24)13-17-5-9-11(19-13)21(12(22)14(9)2-3-14)8-4-18-20(6-8)7-10(15)16/h4-6,10H,2-3,7H2,1H3. The van der Waals surface area contributed by atoms with E-state index in [4.69, 9.17) is 0 Å². The Balaban J connectivity index is 1.82. The van der Waals surface area contributed by atoms with Crippen LogP contribution in [0.25, 0.3) is 0 Å². The summed E-state index contributed by atoms with van der Waals surface area (Å²) in [6.45, 7) is -0.599. The number of anilines is 2. The van der Waals surface area contributed by atoms with Crippen molar-refractivity contribution in [1.82, 2.24) is 19.7 Å². The molecule has 3 heterocycles. The number of hydrogen-bond acceptors (Lipinski definition) is 6. The SMILES string of the molecule is CS(=O)(=O)c1ncc2c(n1)N(c1cnn(CC(F)F)c1)C(=O)C21CC1. The van der Waals surface area contributed by atoms with Crippen LogP contribution in [0.15, 0.2) is 23.7 Å². The monoisotopic (exact) mass is 369 g/mol. The van der Waals surface area contributed by atoms with Crippen LogP contribution < -0.4 is 4.90 Å². The van der Waals surface area contributed by atoms with Gasteiger partial charge in [0.2, 0.25) is 20.9 Å². The molecule has 1 spiro atoms. The van der Waals surface area contributed by atoms with Gasteiger partial charge in [-0.2, -0.15) is 10.1 Å². The first-order valence-corrected chi connectivity index (χ1v) is 9.34. The van der Waals surface area contributed by atoms with Gasteiger partial charge in [0.15, 0.2) is 0 Å². The van der Waals surface area contributed by atoms with Crippen molar-refractivity contribution in [2.45, 2.75) is 36.4 Å². The van der Waals surface area contributed by atoms with Crippen LogP contribution in [0, 0.1) is 0 Å². The maximum Gasteiger partial charge on any atom is 0.257 e. The van der Waals surface area contributed by atoms with Crippen molar-refractivity contribution in [1.29, 1.82) is 0 Å². The van der Waals surface area contributed by atoms with Crippen LogP contribution in [-0.2, 0) is 26.6 Å². The topological polar surface area (TPSA) is 98.1 Å². The lowest BCUT2D eigenvalue weighted by Crippen LogP contribution is -2.28. The van der Waals surface area contributed by atoms with Crippen LogP contribution in [0.5, 0.6) is 0 Å². The van der Waals surface area contributed by atoms with Crippen LogP contribution in [0.3, 0.4) is 0 Å². The summed E-state index contributed by atoms with van der Waals surface area (Å²) in [7, 11) is -3.66. The Labute approximate surface area is 141 Å². The molecular weight excluding hydrogens is 356 g/mol. The third kappa shape index (κ3) is 2.41.